The Bertz CT molecular complexity index is 338. The zero-order valence-electron chi connectivity index (χ0n) is 6.17. The zero-order valence-corrected chi connectivity index (χ0v) is 6.17. The van der Waals surface area contributed by atoms with Crippen molar-refractivity contribution in [3.63, 3.8) is 0 Å². The molecule has 1 aliphatic rings. The number of hydrogen-bond acceptors (Lipinski definition) is 2. The maximum atomic E-state index is 12.6. The van der Waals surface area contributed by atoms with Gasteiger partial charge in [0.2, 0.25) is 0 Å². The van der Waals surface area contributed by atoms with Gasteiger partial charge >= 0.3 is 0 Å². The summed E-state index contributed by atoms with van der Waals surface area (Å²) in [6, 6.07) is 3.99. The van der Waals surface area contributed by atoms with Gasteiger partial charge in [-0.1, -0.05) is 0 Å². The first-order valence-corrected chi connectivity index (χ1v) is 3.52. The average Bonchev–Trinajstić information content (AvgIpc) is 2.04. The van der Waals surface area contributed by atoms with Gasteiger partial charge in [-0.25, -0.2) is 4.39 Å². The first kappa shape index (κ1) is 7.24. The van der Waals surface area contributed by atoms with E-state index in [1.807, 2.05) is 0 Å². The van der Waals surface area contributed by atoms with Crippen LogP contribution >= 0.6 is 0 Å². The van der Waals surface area contributed by atoms with Crippen molar-refractivity contribution in [2.75, 3.05) is 12.0 Å². The van der Waals surface area contributed by atoms with Gasteiger partial charge in [0.25, 0.3) is 0 Å². The van der Waals surface area contributed by atoms with Gasteiger partial charge in [0.05, 0.1) is 12.2 Å². The Kier molecular flexibility index (Phi) is 1.55. The molecule has 1 aromatic rings. The van der Waals surface area contributed by atoms with Crippen LogP contribution in [-0.4, -0.2) is 12.3 Å². The van der Waals surface area contributed by atoms with Crippen LogP contribution in [0.2, 0.25) is 0 Å². The first-order valence-electron chi connectivity index (χ1n) is 3.52. The van der Waals surface area contributed by atoms with E-state index in [0.717, 1.165) is 0 Å². The van der Waals surface area contributed by atoms with Gasteiger partial charge in [0, 0.05) is 5.56 Å². The fourth-order valence-electron chi connectivity index (χ4n) is 1.13. The van der Waals surface area contributed by atoms with Crippen LogP contribution in [0.4, 0.5) is 10.1 Å². The molecule has 0 aliphatic carbocycles. The van der Waals surface area contributed by atoms with E-state index in [9.17, 15) is 9.18 Å². The summed E-state index contributed by atoms with van der Waals surface area (Å²) >= 11 is 0. The normalized spacial score (nSPS) is 15.2. The highest BCUT2D eigenvalue weighted by Crippen LogP contribution is 2.19. The summed E-state index contributed by atoms with van der Waals surface area (Å²) < 4.78 is 12.6. The maximum absolute atomic E-state index is 12.6. The number of halogens is 1. The van der Waals surface area contributed by atoms with Crippen LogP contribution in [0.1, 0.15) is 10.4 Å². The molecule has 61 valence electrons. The largest absolute Gasteiger partial charge is 0.303 e. The number of hydrogen-bond donors (Lipinski definition) is 1. The molecule has 0 amide bonds. The molecule has 0 saturated heterocycles. The molecule has 4 heteroatoms. The minimum absolute atomic E-state index is 0.0799. The quantitative estimate of drug-likeness (QED) is 0.622. The van der Waals surface area contributed by atoms with Crippen molar-refractivity contribution in [2.45, 2.75) is 0 Å². The second-order valence-electron chi connectivity index (χ2n) is 2.54. The summed E-state index contributed by atoms with van der Waals surface area (Å²) in [6.45, 7) is 0.124. The van der Waals surface area contributed by atoms with Crippen LogP contribution in [0, 0.1) is 5.82 Å². The number of fused-ring (bicyclic) bond motifs is 1. The standard InChI is InChI=1S/C8H6FN2O/c9-5-1-2-6-7(3-5)11-10-4-8(6)12/h1-3,11H,4H2. The molecular formula is C8H6FN2O. The maximum Gasteiger partial charge on any atom is 0.182 e. The fraction of sp³-hybridized carbons (Fsp3) is 0.125. The summed E-state index contributed by atoms with van der Waals surface area (Å²) in [5.41, 5.74) is 7.23. The lowest BCUT2D eigenvalue weighted by Crippen LogP contribution is -2.28. The minimum Gasteiger partial charge on any atom is -0.303 e. The Balaban J connectivity index is 2.53. The van der Waals surface area contributed by atoms with Crippen molar-refractivity contribution in [3.8, 4) is 0 Å². The number of carbonyl (C=O) groups excluding carboxylic acids is 1. The highest BCUT2D eigenvalue weighted by atomic mass is 19.1. The number of Topliss-reactive ketones (excluding diaryl/α,β-unsaturated/α-hetero) is 1. The molecule has 0 spiro atoms. The minimum atomic E-state index is -0.369. The van der Waals surface area contributed by atoms with Crippen LogP contribution in [0.25, 0.3) is 0 Å². The van der Waals surface area contributed by atoms with Crippen molar-refractivity contribution in [1.29, 1.82) is 0 Å². The zero-order chi connectivity index (χ0) is 8.55. The molecule has 0 bridgehead atoms. The van der Waals surface area contributed by atoms with E-state index in [1.54, 1.807) is 0 Å². The number of nitrogens with one attached hydrogen (secondary N) is 1. The Morgan fingerprint density at radius 1 is 1.50 bits per heavy atom. The summed E-state index contributed by atoms with van der Waals surface area (Å²) in [6.07, 6.45) is 0. The molecule has 0 saturated carbocycles. The number of anilines is 1. The number of ketones is 1. The van der Waals surface area contributed by atoms with Crippen LogP contribution in [0.5, 0.6) is 0 Å². The van der Waals surface area contributed by atoms with Crippen LogP contribution < -0.4 is 10.9 Å². The molecule has 1 aromatic carbocycles. The molecule has 0 atom stereocenters. The number of nitrogens with zero attached hydrogens (tertiary/aromatic N) is 1. The van der Waals surface area contributed by atoms with E-state index in [2.05, 4.69) is 10.9 Å². The van der Waals surface area contributed by atoms with Crippen molar-refractivity contribution >= 4 is 11.5 Å². The number of benzene rings is 1. The monoisotopic (exact) mass is 165 g/mol. The van der Waals surface area contributed by atoms with Crippen molar-refractivity contribution < 1.29 is 9.18 Å². The lowest BCUT2D eigenvalue weighted by atomic mass is 10.1. The van der Waals surface area contributed by atoms with Gasteiger partial charge in [-0.05, 0) is 18.2 Å². The van der Waals surface area contributed by atoms with Gasteiger partial charge in [-0.15, -0.1) is 5.43 Å². The molecule has 2 rings (SSSR count). The Hall–Kier alpha value is -1.42. The summed E-state index contributed by atoms with van der Waals surface area (Å²) in [7, 11) is 0. The van der Waals surface area contributed by atoms with Gasteiger partial charge < -0.3 is 5.43 Å². The molecule has 0 unspecified atom stereocenters. The molecule has 1 radical (unpaired) electrons. The summed E-state index contributed by atoms with van der Waals surface area (Å²) in [4.78, 5) is 11.1. The third kappa shape index (κ3) is 1.06. The predicted molar refractivity (Wildman–Crippen MR) is 41.4 cm³/mol. The third-order valence-electron chi connectivity index (χ3n) is 1.70. The van der Waals surface area contributed by atoms with Gasteiger partial charge in [0.15, 0.2) is 5.78 Å². The van der Waals surface area contributed by atoms with Crippen molar-refractivity contribution in [1.82, 2.24) is 5.43 Å². The lowest BCUT2D eigenvalue weighted by molar-refractivity contribution is 0.0988. The lowest BCUT2D eigenvalue weighted by Gasteiger charge is -2.15. The van der Waals surface area contributed by atoms with Crippen molar-refractivity contribution in [2.24, 2.45) is 0 Å². The SMILES string of the molecule is O=C1C[N]Nc2cc(F)ccc21. The average molecular weight is 165 g/mol. The highest BCUT2D eigenvalue weighted by molar-refractivity contribution is 6.03. The number of rotatable bonds is 0. The highest BCUT2D eigenvalue weighted by Gasteiger charge is 2.17. The molecule has 1 heterocycles. The van der Waals surface area contributed by atoms with E-state index in [1.165, 1.54) is 18.2 Å². The summed E-state index contributed by atoms with van der Waals surface area (Å²) in [5, 5.41) is 0. The predicted octanol–water partition coefficient (Wildman–Crippen LogP) is 0.953. The van der Waals surface area contributed by atoms with E-state index in [-0.39, 0.29) is 18.1 Å². The van der Waals surface area contributed by atoms with Gasteiger partial charge in [-0.3, -0.25) is 4.79 Å². The number of carbonyl (C=O) groups is 1. The molecule has 0 aromatic heterocycles. The Morgan fingerprint density at radius 2 is 2.33 bits per heavy atom. The van der Waals surface area contributed by atoms with Crippen LogP contribution in [0.15, 0.2) is 18.2 Å². The second kappa shape index (κ2) is 2.57. The molecule has 0 fully saturated rings. The molecular weight excluding hydrogens is 159 g/mol. The molecule has 3 nitrogen and oxygen atoms in total. The van der Waals surface area contributed by atoms with E-state index in [4.69, 9.17) is 0 Å². The van der Waals surface area contributed by atoms with E-state index in [0.29, 0.717) is 11.3 Å². The Morgan fingerprint density at radius 3 is 3.17 bits per heavy atom. The second-order valence-corrected chi connectivity index (χ2v) is 2.54. The smallest absolute Gasteiger partial charge is 0.182 e. The fourth-order valence-corrected chi connectivity index (χ4v) is 1.13. The van der Waals surface area contributed by atoms with Crippen molar-refractivity contribution in [3.05, 3.63) is 29.6 Å². The summed E-state index contributed by atoms with van der Waals surface area (Å²) in [5.74, 6) is -0.449. The van der Waals surface area contributed by atoms with E-state index >= 15 is 0 Å². The van der Waals surface area contributed by atoms with E-state index < -0.39 is 0 Å². The van der Waals surface area contributed by atoms with Gasteiger partial charge in [-0.2, -0.15) is 0 Å². The van der Waals surface area contributed by atoms with Gasteiger partial charge in [0.1, 0.15) is 5.82 Å². The van der Waals surface area contributed by atoms with Crippen LogP contribution in [-0.2, 0) is 0 Å². The molecule has 1 aliphatic heterocycles. The third-order valence-corrected chi connectivity index (χ3v) is 1.70. The molecule has 12 heavy (non-hydrogen) atoms. The molecule has 1 N–H and O–H groups in total. The Labute approximate surface area is 68.6 Å². The first-order chi connectivity index (χ1) is 5.77. The van der Waals surface area contributed by atoms with Crippen LogP contribution in [0.3, 0.4) is 0 Å². The topological polar surface area (TPSA) is 43.2 Å².